The first-order valence-electron chi connectivity index (χ1n) is 6.58. The summed E-state index contributed by atoms with van der Waals surface area (Å²) in [5.41, 5.74) is 0.906. The quantitative estimate of drug-likeness (QED) is 0.885. The van der Waals surface area contributed by atoms with E-state index < -0.39 is 0 Å². The van der Waals surface area contributed by atoms with E-state index in [1.807, 2.05) is 29.6 Å². The topological polar surface area (TPSA) is 12.0 Å². The maximum Gasteiger partial charge on any atom is 0.142 e. The Kier molecular flexibility index (Phi) is 6.33. The van der Waals surface area contributed by atoms with E-state index in [1.54, 1.807) is 6.07 Å². The molecule has 1 aromatic carbocycles. The van der Waals surface area contributed by atoms with E-state index in [-0.39, 0.29) is 10.8 Å². The van der Waals surface area contributed by atoms with Crippen LogP contribution in [0.1, 0.15) is 12.5 Å². The summed E-state index contributed by atoms with van der Waals surface area (Å²) in [7, 11) is 0. The van der Waals surface area contributed by atoms with Crippen molar-refractivity contribution < 1.29 is 4.39 Å². The molecule has 1 aliphatic heterocycles. The van der Waals surface area contributed by atoms with E-state index in [2.05, 4.69) is 12.2 Å². The van der Waals surface area contributed by atoms with Gasteiger partial charge < -0.3 is 5.32 Å². The van der Waals surface area contributed by atoms with Crippen molar-refractivity contribution in [2.24, 2.45) is 0 Å². The fraction of sp³-hybridized carbons (Fsp3) is 0.571. The molecular formula is C14H19ClFNS2. The van der Waals surface area contributed by atoms with E-state index in [1.165, 1.54) is 17.6 Å². The lowest BCUT2D eigenvalue weighted by molar-refractivity contribution is 0.520. The third kappa shape index (κ3) is 4.28. The van der Waals surface area contributed by atoms with Gasteiger partial charge in [0, 0.05) is 28.6 Å². The lowest BCUT2D eigenvalue weighted by Crippen LogP contribution is -2.42. The second-order valence-corrected chi connectivity index (χ2v) is 7.44. The molecule has 1 aromatic rings. The summed E-state index contributed by atoms with van der Waals surface area (Å²) in [4.78, 5) is 0. The van der Waals surface area contributed by atoms with Crippen LogP contribution in [0.5, 0.6) is 0 Å². The molecule has 2 atom stereocenters. The summed E-state index contributed by atoms with van der Waals surface area (Å²) < 4.78 is 13.5. The van der Waals surface area contributed by atoms with Crippen LogP contribution in [-0.4, -0.2) is 35.1 Å². The Balaban J connectivity index is 2.08. The minimum absolute atomic E-state index is 0.277. The predicted molar refractivity (Wildman–Crippen MR) is 86.1 cm³/mol. The van der Waals surface area contributed by atoms with E-state index in [4.69, 9.17) is 11.6 Å². The zero-order valence-electron chi connectivity index (χ0n) is 11.0. The average Bonchev–Trinajstić information content (AvgIpc) is 2.44. The Labute approximate surface area is 128 Å². The van der Waals surface area contributed by atoms with Crippen molar-refractivity contribution in [2.75, 3.05) is 23.8 Å². The van der Waals surface area contributed by atoms with E-state index in [0.29, 0.717) is 11.3 Å². The molecule has 2 unspecified atom stereocenters. The van der Waals surface area contributed by atoms with E-state index >= 15 is 0 Å². The summed E-state index contributed by atoms with van der Waals surface area (Å²) in [6, 6.07) is 5.44. The fourth-order valence-electron chi connectivity index (χ4n) is 2.28. The Bertz CT molecular complexity index is 410. The molecule has 1 fully saturated rings. The minimum Gasteiger partial charge on any atom is -0.313 e. The van der Waals surface area contributed by atoms with Crippen LogP contribution in [0.4, 0.5) is 4.39 Å². The van der Waals surface area contributed by atoms with Crippen LogP contribution in [0.25, 0.3) is 0 Å². The predicted octanol–water partition coefficient (Wildman–Crippen LogP) is 3.85. The highest BCUT2D eigenvalue weighted by Crippen LogP contribution is 2.29. The van der Waals surface area contributed by atoms with Gasteiger partial charge in [-0.15, -0.1) is 0 Å². The van der Waals surface area contributed by atoms with Gasteiger partial charge in [-0.1, -0.05) is 30.7 Å². The van der Waals surface area contributed by atoms with Gasteiger partial charge in [-0.2, -0.15) is 23.5 Å². The normalized spacial score (nSPS) is 21.3. The third-order valence-electron chi connectivity index (χ3n) is 3.23. The first-order chi connectivity index (χ1) is 9.22. The first-order valence-corrected chi connectivity index (χ1v) is 9.16. The van der Waals surface area contributed by atoms with Crippen LogP contribution in [0, 0.1) is 5.82 Å². The maximum atomic E-state index is 13.5. The Morgan fingerprint density at radius 3 is 3.00 bits per heavy atom. The average molecular weight is 320 g/mol. The molecule has 106 valence electrons. The van der Waals surface area contributed by atoms with Crippen molar-refractivity contribution in [3.63, 3.8) is 0 Å². The number of hydrogen-bond donors (Lipinski definition) is 1. The monoisotopic (exact) mass is 319 g/mol. The van der Waals surface area contributed by atoms with Crippen LogP contribution < -0.4 is 5.32 Å². The number of benzene rings is 1. The molecule has 0 aliphatic carbocycles. The molecule has 0 aromatic heterocycles. The lowest BCUT2D eigenvalue weighted by atomic mass is 10.0. The van der Waals surface area contributed by atoms with Crippen LogP contribution in [0.2, 0.25) is 5.02 Å². The van der Waals surface area contributed by atoms with Gasteiger partial charge in [0.25, 0.3) is 0 Å². The largest absolute Gasteiger partial charge is 0.313 e. The molecule has 1 N–H and O–H groups in total. The van der Waals surface area contributed by atoms with Crippen molar-refractivity contribution in [1.82, 2.24) is 5.32 Å². The fourth-order valence-corrected chi connectivity index (χ4v) is 5.37. The minimum atomic E-state index is -0.319. The number of rotatable bonds is 5. The van der Waals surface area contributed by atoms with Crippen molar-refractivity contribution >= 4 is 35.1 Å². The highest BCUT2D eigenvalue weighted by Gasteiger charge is 2.25. The molecule has 5 heteroatoms. The molecule has 1 aliphatic rings. The lowest BCUT2D eigenvalue weighted by Gasteiger charge is -2.30. The summed E-state index contributed by atoms with van der Waals surface area (Å²) >= 11 is 10.1. The molecular weight excluding hydrogens is 301 g/mol. The van der Waals surface area contributed by atoms with Gasteiger partial charge >= 0.3 is 0 Å². The van der Waals surface area contributed by atoms with Gasteiger partial charge in [-0.25, -0.2) is 4.39 Å². The first kappa shape index (κ1) is 15.5. The second kappa shape index (κ2) is 7.77. The van der Waals surface area contributed by atoms with Crippen LogP contribution in [0.3, 0.4) is 0 Å². The van der Waals surface area contributed by atoms with E-state index in [0.717, 1.165) is 24.3 Å². The highest BCUT2D eigenvalue weighted by molar-refractivity contribution is 8.06. The molecule has 0 amide bonds. The second-order valence-electron chi connectivity index (χ2n) is 4.57. The van der Waals surface area contributed by atoms with Crippen molar-refractivity contribution in [2.45, 2.75) is 24.6 Å². The number of likely N-dealkylation sites (N-methyl/N-ethyl adjacent to an activating group) is 1. The van der Waals surface area contributed by atoms with Gasteiger partial charge in [-0.05, 0) is 24.6 Å². The Morgan fingerprint density at radius 1 is 1.47 bits per heavy atom. The molecule has 0 saturated carbocycles. The molecule has 0 spiro atoms. The summed E-state index contributed by atoms with van der Waals surface area (Å²) in [5.74, 6) is 3.28. The number of hydrogen-bond acceptors (Lipinski definition) is 3. The number of thioether (sulfide) groups is 2. The molecule has 1 heterocycles. The third-order valence-corrected chi connectivity index (χ3v) is 6.57. The van der Waals surface area contributed by atoms with Gasteiger partial charge in [0.15, 0.2) is 0 Å². The maximum absolute atomic E-state index is 13.5. The Morgan fingerprint density at radius 2 is 2.32 bits per heavy atom. The van der Waals surface area contributed by atoms with Crippen molar-refractivity contribution in [1.29, 1.82) is 0 Å². The number of nitrogens with one attached hydrogen (secondary N) is 1. The highest BCUT2D eigenvalue weighted by atomic mass is 35.5. The van der Waals surface area contributed by atoms with Gasteiger partial charge in [0.05, 0.1) is 5.02 Å². The molecule has 0 radical (unpaired) electrons. The van der Waals surface area contributed by atoms with Gasteiger partial charge in [0.2, 0.25) is 0 Å². The zero-order valence-corrected chi connectivity index (χ0v) is 13.4. The van der Waals surface area contributed by atoms with Gasteiger partial charge in [-0.3, -0.25) is 0 Å². The molecule has 0 bridgehead atoms. The summed E-state index contributed by atoms with van der Waals surface area (Å²) in [5, 5.41) is 4.39. The molecule has 2 rings (SSSR count). The van der Waals surface area contributed by atoms with Crippen molar-refractivity contribution in [3.05, 3.63) is 34.6 Å². The van der Waals surface area contributed by atoms with Gasteiger partial charge in [0.1, 0.15) is 5.82 Å². The Hall–Kier alpha value is 0.1000. The van der Waals surface area contributed by atoms with Crippen LogP contribution in [-0.2, 0) is 6.42 Å². The molecule has 1 saturated heterocycles. The SMILES string of the molecule is CCNC(Cc1cccc(F)c1Cl)C1CSCCS1. The standard InChI is InChI=1S/C14H19ClFNS2/c1-2-17-12(13-9-18-6-7-19-13)8-10-4-3-5-11(16)14(10)15/h3-5,12-13,17H,2,6-9H2,1H3. The van der Waals surface area contributed by atoms with Crippen LogP contribution in [0.15, 0.2) is 18.2 Å². The number of halogens is 2. The van der Waals surface area contributed by atoms with Crippen molar-refractivity contribution in [3.8, 4) is 0 Å². The smallest absolute Gasteiger partial charge is 0.142 e. The molecule has 19 heavy (non-hydrogen) atoms. The van der Waals surface area contributed by atoms with Crippen LogP contribution >= 0.6 is 35.1 Å². The summed E-state index contributed by atoms with van der Waals surface area (Å²) in [6.45, 7) is 3.04. The zero-order chi connectivity index (χ0) is 13.7. The summed E-state index contributed by atoms with van der Waals surface area (Å²) in [6.07, 6.45) is 0.794. The molecule has 1 nitrogen and oxygen atoms in total. The van der Waals surface area contributed by atoms with E-state index in [9.17, 15) is 4.39 Å².